The van der Waals surface area contributed by atoms with Crippen LogP contribution in [0.3, 0.4) is 0 Å². The number of aromatic nitrogens is 1. The number of para-hydroxylation sites is 1. The second-order valence-electron chi connectivity index (χ2n) is 5.20. The normalized spacial score (nSPS) is 14.4. The van der Waals surface area contributed by atoms with Crippen molar-refractivity contribution in [2.45, 2.75) is 38.8 Å². The summed E-state index contributed by atoms with van der Waals surface area (Å²) in [7, 11) is 0. The SMILES string of the molecule is CC#CCn1cc(CCNC2CC2)c2ccccc21. The van der Waals surface area contributed by atoms with Crippen molar-refractivity contribution >= 4 is 10.9 Å². The molecule has 1 fully saturated rings. The highest BCUT2D eigenvalue weighted by atomic mass is 15.0. The van der Waals surface area contributed by atoms with Crippen LogP contribution < -0.4 is 5.32 Å². The lowest BCUT2D eigenvalue weighted by Crippen LogP contribution is -2.19. The Morgan fingerprint density at radius 3 is 2.95 bits per heavy atom. The van der Waals surface area contributed by atoms with Gasteiger partial charge in [0.1, 0.15) is 0 Å². The third-order valence-electron chi connectivity index (χ3n) is 3.70. The van der Waals surface area contributed by atoms with Gasteiger partial charge in [0, 0.05) is 23.1 Å². The van der Waals surface area contributed by atoms with Gasteiger partial charge in [-0.2, -0.15) is 0 Å². The third kappa shape index (κ3) is 2.83. The van der Waals surface area contributed by atoms with E-state index in [1.807, 2.05) is 6.92 Å². The fourth-order valence-electron chi connectivity index (χ4n) is 2.52. The van der Waals surface area contributed by atoms with Crippen LogP contribution in [0.2, 0.25) is 0 Å². The molecule has 0 saturated heterocycles. The van der Waals surface area contributed by atoms with Crippen LogP contribution in [0.25, 0.3) is 10.9 Å². The molecule has 1 aromatic carbocycles. The number of benzene rings is 1. The molecule has 1 aliphatic carbocycles. The van der Waals surface area contributed by atoms with Crippen LogP contribution in [0.5, 0.6) is 0 Å². The number of nitrogens with zero attached hydrogens (tertiary/aromatic N) is 1. The van der Waals surface area contributed by atoms with Gasteiger partial charge in [0.15, 0.2) is 0 Å². The summed E-state index contributed by atoms with van der Waals surface area (Å²) in [6, 6.07) is 9.42. The molecular formula is C17H20N2. The summed E-state index contributed by atoms with van der Waals surface area (Å²) in [6.45, 7) is 3.76. The Morgan fingerprint density at radius 1 is 1.32 bits per heavy atom. The molecule has 1 aliphatic rings. The first-order valence-corrected chi connectivity index (χ1v) is 7.08. The maximum atomic E-state index is 3.58. The quantitative estimate of drug-likeness (QED) is 0.810. The zero-order valence-electron chi connectivity index (χ0n) is 11.4. The third-order valence-corrected chi connectivity index (χ3v) is 3.70. The van der Waals surface area contributed by atoms with Gasteiger partial charge < -0.3 is 9.88 Å². The van der Waals surface area contributed by atoms with Gasteiger partial charge in [-0.15, -0.1) is 5.92 Å². The summed E-state index contributed by atoms with van der Waals surface area (Å²) in [5.74, 6) is 6.13. The summed E-state index contributed by atoms with van der Waals surface area (Å²) >= 11 is 0. The van der Waals surface area contributed by atoms with Gasteiger partial charge in [-0.1, -0.05) is 24.1 Å². The molecule has 0 bridgehead atoms. The van der Waals surface area contributed by atoms with E-state index in [-0.39, 0.29) is 0 Å². The van der Waals surface area contributed by atoms with Gasteiger partial charge in [0.05, 0.1) is 6.54 Å². The summed E-state index contributed by atoms with van der Waals surface area (Å²) in [5, 5.41) is 4.96. The number of hydrogen-bond acceptors (Lipinski definition) is 1. The first kappa shape index (κ1) is 12.3. The fraction of sp³-hybridized carbons (Fsp3) is 0.412. The average molecular weight is 252 g/mol. The molecule has 1 aromatic heterocycles. The van der Waals surface area contributed by atoms with E-state index in [0.717, 1.165) is 25.6 Å². The molecule has 0 radical (unpaired) electrons. The lowest BCUT2D eigenvalue weighted by atomic mass is 10.1. The minimum atomic E-state index is 0.785. The molecular weight excluding hydrogens is 232 g/mol. The minimum Gasteiger partial charge on any atom is -0.336 e. The molecule has 2 nitrogen and oxygen atoms in total. The number of fused-ring (bicyclic) bond motifs is 1. The highest BCUT2D eigenvalue weighted by Gasteiger charge is 2.19. The maximum Gasteiger partial charge on any atom is 0.0837 e. The van der Waals surface area contributed by atoms with Crippen LogP contribution in [-0.4, -0.2) is 17.2 Å². The van der Waals surface area contributed by atoms with E-state index < -0.39 is 0 Å². The van der Waals surface area contributed by atoms with Crippen LogP contribution in [0.15, 0.2) is 30.5 Å². The molecule has 0 atom stereocenters. The maximum absolute atomic E-state index is 3.58. The van der Waals surface area contributed by atoms with Crippen LogP contribution >= 0.6 is 0 Å². The molecule has 2 aromatic rings. The van der Waals surface area contributed by atoms with Gasteiger partial charge in [-0.3, -0.25) is 0 Å². The van der Waals surface area contributed by atoms with E-state index in [9.17, 15) is 0 Å². The van der Waals surface area contributed by atoms with Crippen molar-refractivity contribution in [1.29, 1.82) is 0 Å². The molecule has 1 N–H and O–H groups in total. The van der Waals surface area contributed by atoms with Crippen LogP contribution in [-0.2, 0) is 13.0 Å². The molecule has 98 valence electrons. The zero-order valence-corrected chi connectivity index (χ0v) is 11.4. The lowest BCUT2D eigenvalue weighted by molar-refractivity contribution is 0.682. The Bertz CT molecular complexity index is 623. The number of nitrogens with one attached hydrogen (secondary N) is 1. The summed E-state index contributed by atoms with van der Waals surface area (Å²) in [5.41, 5.74) is 2.73. The van der Waals surface area contributed by atoms with Crippen LogP contribution in [0, 0.1) is 11.8 Å². The molecule has 3 rings (SSSR count). The average Bonchev–Trinajstić information content (AvgIpc) is 3.19. The van der Waals surface area contributed by atoms with Gasteiger partial charge in [-0.25, -0.2) is 0 Å². The highest BCUT2D eigenvalue weighted by Crippen LogP contribution is 2.22. The summed E-state index contributed by atoms with van der Waals surface area (Å²) in [6.07, 6.45) is 6.08. The number of hydrogen-bond donors (Lipinski definition) is 1. The lowest BCUT2D eigenvalue weighted by Gasteiger charge is -2.01. The predicted octanol–water partition coefficient (Wildman–Crippen LogP) is 2.96. The van der Waals surface area contributed by atoms with E-state index in [2.05, 4.69) is 52.2 Å². The summed E-state index contributed by atoms with van der Waals surface area (Å²) < 4.78 is 2.26. The molecule has 1 saturated carbocycles. The fourth-order valence-corrected chi connectivity index (χ4v) is 2.52. The van der Waals surface area contributed by atoms with Gasteiger partial charge in [0.25, 0.3) is 0 Å². The Labute approximate surface area is 114 Å². The van der Waals surface area contributed by atoms with Crippen LogP contribution in [0.1, 0.15) is 25.3 Å². The van der Waals surface area contributed by atoms with E-state index in [1.165, 1.54) is 29.3 Å². The smallest absolute Gasteiger partial charge is 0.0837 e. The van der Waals surface area contributed by atoms with E-state index in [0.29, 0.717) is 0 Å². The van der Waals surface area contributed by atoms with Crippen molar-refractivity contribution in [3.8, 4) is 11.8 Å². The second-order valence-corrected chi connectivity index (χ2v) is 5.20. The topological polar surface area (TPSA) is 17.0 Å². The van der Waals surface area contributed by atoms with Crippen molar-refractivity contribution in [2.75, 3.05) is 6.54 Å². The molecule has 0 spiro atoms. The van der Waals surface area contributed by atoms with Gasteiger partial charge in [-0.05, 0) is 44.4 Å². The molecule has 19 heavy (non-hydrogen) atoms. The predicted molar refractivity (Wildman–Crippen MR) is 80.1 cm³/mol. The van der Waals surface area contributed by atoms with Crippen LogP contribution in [0.4, 0.5) is 0 Å². The summed E-state index contributed by atoms with van der Waals surface area (Å²) in [4.78, 5) is 0. The van der Waals surface area contributed by atoms with Crippen molar-refractivity contribution in [3.05, 3.63) is 36.0 Å². The number of rotatable bonds is 5. The standard InChI is InChI=1S/C17H20N2/c1-2-3-12-19-13-14(10-11-18-15-8-9-15)16-6-4-5-7-17(16)19/h4-7,13,15,18H,8-12H2,1H3. The Balaban J connectivity index is 1.82. The van der Waals surface area contributed by atoms with Crippen molar-refractivity contribution in [2.24, 2.45) is 0 Å². The van der Waals surface area contributed by atoms with Crippen molar-refractivity contribution < 1.29 is 0 Å². The molecule has 0 aliphatic heterocycles. The van der Waals surface area contributed by atoms with E-state index >= 15 is 0 Å². The Kier molecular flexibility index (Phi) is 3.57. The largest absolute Gasteiger partial charge is 0.336 e. The second kappa shape index (κ2) is 5.50. The minimum absolute atomic E-state index is 0.785. The Hall–Kier alpha value is -1.72. The van der Waals surface area contributed by atoms with Crippen molar-refractivity contribution in [1.82, 2.24) is 9.88 Å². The molecule has 2 heteroatoms. The van der Waals surface area contributed by atoms with Gasteiger partial charge in [0.2, 0.25) is 0 Å². The molecule has 1 heterocycles. The molecule has 0 amide bonds. The first-order valence-electron chi connectivity index (χ1n) is 7.08. The molecule has 0 unspecified atom stereocenters. The van der Waals surface area contributed by atoms with E-state index in [4.69, 9.17) is 0 Å². The monoisotopic (exact) mass is 252 g/mol. The van der Waals surface area contributed by atoms with Gasteiger partial charge >= 0.3 is 0 Å². The highest BCUT2D eigenvalue weighted by molar-refractivity contribution is 5.84. The Morgan fingerprint density at radius 2 is 2.16 bits per heavy atom. The zero-order chi connectivity index (χ0) is 13.1. The van der Waals surface area contributed by atoms with Crippen molar-refractivity contribution in [3.63, 3.8) is 0 Å². The first-order chi connectivity index (χ1) is 9.38. The van der Waals surface area contributed by atoms with E-state index in [1.54, 1.807) is 0 Å².